The first-order valence-corrected chi connectivity index (χ1v) is 12.2. The molecule has 172 valence electrons. The molecule has 2 aliphatic rings. The molecule has 1 aromatic heterocycles. The zero-order valence-corrected chi connectivity index (χ0v) is 20.0. The van der Waals surface area contributed by atoms with Crippen molar-refractivity contribution in [1.29, 1.82) is 0 Å². The van der Waals surface area contributed by atoms with Crippen LogP contribution >= 0.6 is 11.3 Å². The van der Waals surface area contributed by atoms with Gasteiger partial charge in [0.2, 0.25) is 11.8 Å². The number of hydrogen-bond donors (Lipinski definition) is 0. The van der Waals surface area contributed by atoms with Gasteiger partial charge in [-0.2, -0.15) is 0 Å². The predicted molar refractivity (Wildman–Crippen MR) is 125 cm³/mol. The Kier molecular flexibility index (Phi) is 7.16. The monoisotopic (exact) mass is 456 g/mol. The molecule has 0 unspecified atom stereocenters. The van der Waals surface area contributed by atoms with Crippen molar-refractivity contribution in [3.05, 3.63) is 51.2 Å². The van der Waals surface area contributed by atoms with Crippen molar-refractivity contribution >= 4 is 23.2 Å². The van der Waals surface area contributed by atoms with Crippen LogP contribution < -0.4 is 4.74 Å². The van der Waals surface area contributed by atoms with Crippen LogP contribution in [0, 0.1) is 13.8 Å². The Hall–Kier alpha value is -2.38. The van der Waals surface area contributed by atoms with Crippen LogP contribution in [0.2, 0.25) is 0 Å². The van der Waals surface area contributed by atoms with E-state index in [2.05, 4.69) is 24.4 Å². The SMILES string of the molecule is CC(=O)N(CC(=O)N1CCc2sccc2[C@H]1COc1ccc(C)cc1C)C[C@@H]1CCCO1. The number of carbonyl (C=O) groups excluding carboxylic acids is 2. The van der Waals surface area contributed by atoms with E-state index < -0.39 is 0 Å². The molecule has 0 N–H and O–H groups in total. The molecule has 0 saturated carbocycles. The second-order valence-electron chi connectivity index (χ2n) is 8.77. The van der Waals surface area contributed by atoms with Crippen molar-refractivity contribution in [2.75, 3.05) is 32.8 Å². The van der Waals surface area contributed by atoms with Gasteiger partial charge in [0.25, 0.3) is 0 Å². The zero-order chi connectivity index (χ0) is 22.7. The zero-order valence-electron chi connectivity index (χ0n) is 19.1. The van der Waals surface area contributed by atoms with Gasteiger partial charge in [0.1, 0.15) is 12.4 Å². The summed E-state index contributed by atoms with van der Waals surface area (Å²) in [5, 5.41) is 2.09. The summed E-state index contributed by atoms with van der Waals surface area (Å²) < 4.78 is 11.9. The van der Waals surface area contributed by atoms with Crippen LogP contribution in [0.1, 0.15) is 47.4 Å². The number of hydrogen-bond acceptors (Lipinski definition) is 5. The lowest BCUT2D eigenvalue weighted by Gasteiger charge is -2.37. The molecule has 6 nitrogen and oxygen atoms in total. The van der Waals surface area contributed by atoms with Crippen LogP contribution in [0.25, 0.3) is 0 Å². The van der Waals surface area contributed by atoms with E-state index in [4.69, 9.17) is 9.47 Å². The first kappa shape index (κ1) is 22.8. The summed E-state index contributed by atoms with van der Waals surface area (Å²) in [6, 6.07) is 8.08. The molecule has 1 aromatic carbocycles. The van der Waals surface area contributed by atoms with E-state index in [0.717, 1.165) is 42.7 Å². The number of ether oxygens (including phenoxy) is 2. The quantitative estimate of drug-likeness (QED) is 0.634. The normalized spacial score (nSPS) is 20.2. The molecule has 3 heterocycles. The van der Waals surface area contributed by atoms with Gasteiger partial charge in [0.05, 0.1) is 18.7 Å². The largest absolute Gasteiger partial charge is 0.491 e. The summed E-state index contributed by atoms with van der Waals surface area (Å²) in [5.41, 5.74) is 3.44. The second-order valence-corrected chi connectivity index (χ2v) is 9.77. The van der Waals surface area contributed by atoms with Gasteiger partial charge in [-0.3, -0.25) is 9.59 Å². The Morgan fingerprint density at radius 2 is 2.12 bits per heavy atom. The number of amides is 2. The molecule has 1 saturated heterocycles. The Balaban J connectivity index is 1.48. The minimum atomic E-state index is -0.158. The van der Waals surface area contributed by atoms with E-state index in [-0.39, 0.29) is 30.5 Å². The van der Waals surface area contributed by atoms with E-state index >= 15 is 0 Å². The number of benzene rings is 1. The Morgan fingerprint density at radius 1 is 1.28 bits per heavy atom. The smallest absolute Gasteiger partial charge is 0.242 e. The highest BCUT2D eigenvalue weighted by Crippen LogP contribution is 2.34. The van der Waals surface area contributed by atoms with Crippen LogP contribution in [0.5, 0.6) is 5.75 Å². The van der Waals surface area contributed by atoms with Crippen LogP contribution in [-0.2, 0) is 20.7 Å². The standard InChI is InChI=1S/C25H32N2O4S/c1-17-6-7-23(18(2)13-17)31-16-22-21-9-12-32-24(21)8-10-27(22)25(29)15-26(19(3)28)14-20-5-4-11-30-20/h6-7,9,12-13,20,22H,4-5,8,10-11,14-16H2,1-3H3/t20-,22+/m0/s1. The van der Waals surface area contributed by atoms with Gasteiger partial charge in [0.15, 0.2) is 0 Å². The van der Waals surface area contributed by atoms with Crippen LogP contribution in [0.15, 0.2) is 29.6 Å². The minimum Gasteiger partial charge on any atom is -0.491 e. The van der Waals surface area contributed by atoms with Crippen molar-refractivity contribution in [2.45, 2.75) is 52.2 Å². The Morgan fingerprint density at radius 3 is 2.84 bits per heavy atom. The number of thiophene rings is 1. The van der Waals surface area contributed by atoms with E-state index in [0.29, 0.717) is 19.7 Å². The molecule has 0 bridgehead atoms. The molecule has 4 rings (SSSR count). The van der Waals surface area contributed by atoms with Crippen LogP contribution in [-0.4, -0.2) is 60.6 Å². The van der Waals surface area contributed by atoms with Crippen molar-refractivity contribution in [2.24, 2.45) is 0 Å². The van der Waals surface area contributed by atoms with Crippen LogP contribution in [0.4, 0.5) is 0 Å². The number of aryl methyl sites for hydroxylation is 2. The summed E-state index contributed by atoms with van der Waals surface area (Å²) in [6.45, 7) is 7.94. The third-order valence-electron chi connectivity index (χ3n) is 6.36. The molecule has 2 atom stereocenters. The fourth-order valence-electron chi connectivity index (χ4n) is 4.60. The molecule has 0 aliphatic carbocycles. The summed E-state index contributed by atoms with van der Waals surface area (Å²) in [5.74, 6) is 0.712. The highest BCUT2D eigenvalue weighted by atomic mass is 32.1. The van der Waals surface area contributed by atoms with Gasteiger partial charge >= 0.3 is 0 Å². The number of carbonyl (C=O) groups is 2. The maximum Gasteiger partial charge on any atom is 0.242 e. The van der Waals surface area contributed by atoms with Gasteiger partial charge < -0.3 is 19.3 Å². The highest BCUT2D eigenvalue weighted by molar-refractivity contribution is 7.10. The molecular formula is C25H32N2O4S. The fraction of sp³-hybridized carbons (Fsp3) is 0.520. The van der Waals surface area contributed by atoms with Gasteiger partial charge in [-0.25, -0.2) is 0 Å². The molecule has 7 heteroatoms. The lowest BCUT2D eigenvalue weighted by Crippen LogP contribution is -2.48. The lowest BCUT2D eigenvalue weighted by atomic mass is 10.00. The highest BCUT2D eigenvalue weighted by Gasteiger charge is 2.34. The van der Waals surface area contributed by atoms with E-state index in [1.54, 1.807) is 16.2 Å². The predicted octanol–water partition coefficient (Wildman–Crippen LogP) is 3.90. The topological polar surface area (TPSA) is 59.1 Å². The summed E-state index contributed by atoms with van der Waals surface area (Å²) in [6.07, 6.45) is 2.81. The number of fused-ring (bicyclic) bond motifs is 1. The Labute approximate surface area is 194 Å². The van der Waals surface area contributed by atoms with Gasteiger partial charge in [-0.1, -0.05) is 17.7 Å². The summed E-state index contributed by atoms with van der Waals surface area (Å²) >= 11 is 1.74. The van der Waals surface area contributed by atoms with Crippen LogP contribution in [0.3, 0.4) is 0 Å². The van der Waals surface area contributed by atoms with Crippen molar-refractivity contribution in [3.8, 4) is 5.75 Å². The van der Waals surface area contributed by atoms with Crippen molar-refractivity contribution < 1.29 is 19.1 Å². The van der Waals surface area contributed by atoms with Gasteiger partial charge in [-0.05, 0) is 61.7 Å². The molecule has 2 aliphatic heterocycles. The van der Waals surface area contributed by atoms with Crippen molar-refractivity contribution in [1.82, 2.24) is 9.80 Å². The molecule has 2 amide bonds. The number of nitrogens with zero attached hydrogens (tertiary/aromatic N) is 2. The van der Waals surface area contributed by atoms with Crippen molar-refractivity contribution in [3.63, 3.8) is 0 Å². The van der Waals surface area contributed by atoms with Gasteiger partial charge in [-0.15, -0.1) is 11.3 Å². The summed E-state index contributed by atoms with van der Waals surface area (Å²) in [4.78, 5) is 30.5. The fourth-order valence-corrected chi connectivity index (χ4v) is 5.53. The summed E-state index contributed by atoms with van der Waals surface area (Å²) in [7, 11) is 0. The molecule has 32 heavy (non-hydrogen) atoms. The van der Waals surface area contributed by atoms with E-state index in [1.165, 1.54) is 17.4 Å². The maximum atomic E-state index is 13.4. The maximum absolute atomic E-state index is 13.4. The number of rotatable bonds is 7. The average Bonchev–Trinajstić information content (AvgIpc) is 3.44. The third-order valence-corrected chi connectivity index (χ3v) is 7.36. The van der Waals surface area contributed by atoms with Gasteiger partial charge in [0, 0.05) is 31.5 Å². The lowest BCUT2D eigenvalue weighted by molar-refractivity contribution is -0.142. The Bertz CT molecular complexity index is 967. The first-order valence-electron chi connectivity index (χ1n) is 11.3. The van der Waals surface area contributed by atoms with E-state index in [9.17, 15) is 9.59 Å². The van der Waals surface area contributed by atoms with E-state index in [1.807, 2.05) is 24.0 Å². The minimum absolute atomic E-state index is 0.0279. The molecule has 1 fully saturated rings. The third kappa shape index (κ3) is 5.15. The first-order chi connectivity index (χ1) is 15.4. The second kappa shape index (κ2) is 10.0. The molecule has 0 spiro atoms. The average molecular weight is 457 g/mol. The molecule has 0 radical (unpaired) electrons. The molecule has 2 aromatic rings. The molecular weight excluding hydrogens is 424 g/mol.